The van der Waals surface area contributed by atoms with Gasteiger partial charge in [-0.15, -0.1) is 0 Å². The summed E-state index contributed by atoms with van der Waals surface area (Å²) in [7, 11) is 1.58. The quantitative estimate of drug-likeness (QED) is 0.479. The Morgan fingerprint density at radius 1 is 1.43 bits per heavy atom. The van der Waals surface area contributed by atoms with E-state index in [1.165, 1.54) is 6.21 Å². The van der Waals surface area contributed by atoms with Gasteiger partial charge in [0.1, 0.15) is 0 Å². The SMILES string of the molecule is CNC(=O)c1ccc(C=NNO)cc1. The Bertz CT molecular complexity index is 332. The third-order valence-corrected chi connectivity index (χ3v) is 1.67. The normalized spacial score (nSPS) is 10.1. The number of hydrogen-bond acceptors (Lipinski definition) is 4. The first kappa shape index (κ1) is 10.2. The Kier molecular flexibility index (Phi) is 3.63. The molecule has 0 heterocycles. The number of nitrogens with zero attached hydrogens (tertiary/aromatic N) is 1. The minimum atomic E-state index is -0.131. The molecule has 0 aromatic heterocycles. The van der Waals surface area contributed by atoms with Gasteiger partial charge in [0.2, 0.25) is 0 Å². The summed E-state index contributed by atoms with van der Waals surface area (Å²) in [6.45, 7) is 0. The van der Waals surface area contributed by atoms with E-state index < -0.39 is 0 Å². The minimum Gasteiger partial charge on any atom is -0.355 e. The molecule has 1 aromatic rings. The van der Waals surface area contributed by atoms with Crippen molar-refractivity contribution in [1.82, 2.24) is 10.9 Å². The molecule has 0 fully saturated rings. The Labute approximate surface area is 81.4 Å². The van der Waals surface area contributed by atoms with Crippen LogP contribution in [0.3, 0.4) is 0 Å². The summed E-state index contributed by atoms with van der Waals surface area (Å²) >= 11 is 0. The Morgan fingerprint density at radius 3 is 2.57 bits per heavy atom. The van der Waals surface area contributed by atoms with Crippen LogP contribution in [-0.4, -0.2) is 24.4 Å². The van der Waals surface area contributed by atoms with E-state index in [1.807, 2.05) is 0 Å². The number of rotatable bonds is 3. The second kappa shape index (κ2) is 4.98. The van der Waals surface area contributed by atoms with Gasteiger partial charge in [-0.2, -0.15) is 10.7 Å². The van der Waals surface area contributed by atoms with Crippen molar-refractivity contribution in [3.63, 3.8) is 0 Å². The zero-order valence-corrected chi connectivity index (χ0v) is 7.69. The molecule has 0 aliphatic heterocycles. The molecule has 0 saturated heterocycles. The van der Waals surface area contributed by atoms with Crippen LogP contribution in [0.1, 0.15) is 15.9 Å². The first-order valence-corrected chi connectivity index (χ1v) is 4.02. The van der Waals surface area contributed by atoms with E-state index >= 15 is 0 Å². The molecule has 0 radical (unpaired) electrons. The summed E-state index contributed by atoms with van der Waals surface area (Å²) in [4.78, 5) is 11.1. The molecule has 0 aliphatic carbocycles. The number of carbonyl (C=O) groups is 1. The predicted octanol–water partition coefficient (Wildman–Crippen LogP) is 0.359. The second-order valence-electron chi connectivity index (χ2n) is 2.56. The first-order chi connectivity index (χ1) is 6.77. The number of hydrazone groups is 1. The first-order valence-electron chi connectivity index (χ1n) is 4.02. The zero-order valence-electron chi connectivity index (χ0n) is 7.69. The maximum Gasteiger partial charge on any atom is 0.251 e. The van der Waals surface area contributed by atoms with Crippen LogP contribution in [0.2, 0.25) is 0 Å². The maximum atomic E-state index is 11.1. The Balaban J connectivity index is 2.78. The van der Waals surface area contributed by atoms with Crippen molar-refractivity contribution in [3.8, 4) is 0 Å². The van der Waals surface area contributed by atoms with Crippen molar-refractivity contribution >= 4 is 12.1 Å². The highest BCUT2D eigenvalue weighted by molar-refractivity contribution is 5.94. The molecular formula is C9H11N3O2. The van der Waals surface area contributed by atoms with Gasteiger partial charge >= 0.3 is 0 Å². The summed E-state index contributed by atoms with van der Waals surface area (Å²) in [5.41, 5.74) is 3.03. The van der Waals surface area contributed by atoms with E-state index in [9.17, 15) is 4.79 Å². The Morgan fingerprint density at radius 2 is 2.07 bits per heavy atom. The molecule has 0 spiro atoms. The topological polar surface area (TPSA) is 73.7 Å². The molecule has 5 nitrogen and oxygen atoms in total. The second-order valence-corrected chi connectivity index (χ2v) is 2.56. The van der Waals surface area contributed by atoms with Gasteiger partial charge in [-0.3, -0.25) is 10.0 Å². The van der Waals surface area contributed by atoms with Crippen molar-refractivity contribution in [2.75, 3.05) is 7.05 Å². The number of hydrogen-bond donors (Lipinski definition) is 3. The van der Waals surface area contributed by atoms with Crippen LogP contribution < -0.4 is 10.9 Å². The molecule has 1 aromatic carbocycles. The number of amides is 1. The number of benzene rings is 1. The molecule has 14 heavy (non-hydrogen) atoms. The van der Waals surface area contributed by atoms with Gasteiger partial charge in [0.05, 0.1) is 6.21 Å². The van der Waals surface area contributed by atoms with Crippen LogP contribution >= 0.6 is 0 Å². The average molecular weight is 193 g/mol. The smallest absolute Gasteiger partial charge is 0.251 e. The van der Waals surface area contributed by atoms with Crippen LogP contribution in [0.25, 0.3) is 0 Å². The van der Waals surface area contributed by atoms with Crippen molar-refractivity contribution in [1.29, 1.82) is 0 Å². The van der Waals surface area contributed by atoms with Gasteiger partial charge in [-0.05, 0) is 17.7 Å². The maximum absolute atomic E-state index is 11.1. The van der Waals surface area contributed by atoms with Gasteiger partial charge in [-0.1, -0.05) is 12.1 Å². The molecule has 3 N–H and O–H groups in total. The van der Waals surface area contributed by atoms with Crippen LogP contribution in [0, 0.1) is 0 Å². The monoisotopic (exact) mass is 193 g/mol. The Hall–Kier alpha value is -1.88. The van der Waals surface area contributed by atoms with E-state index in [1.54, 1.807) is 36.9 Å². The molecule has 0 aliphatic rings. The lowest BCUT2D eigenvalue weighted by atomic mass is 10.1. The van der Waals surface area contributed by atoms with Crippen molar-refractivity contribution < 1.29 is 10.0 Å². The highest BCUT2D eigenvalue weighted by Gasteiger charge is 2.00. The molecule has 5 heteroatoms. The minimum absolute atomic E-state index is 0.131. The van der Waals surface area contributed by atoms with Gasteiger partial charge in [0.25, 0.3) is 5.91 Å². The third-order valence-electron chi connectivity index (χ3n) is 1.67. The summed E-state index contributed by atoms with van der Waals surface area (Å²) < 4.78 is 0. The van der Waals surface area contributed by atoms with E-state index in [0.717, 1.165) is 5.56 Å². The fraction of sp³-hybridized carbons (Fsp3) is 0.111. The molecule has 1 amide bonds. The van der Waals surface area contributed by atoms with Crippen LogP contribution in [0.5, 0.6) is 0 Å². The molecule has 0 atom stereocenters. The predicted molar refractivity (Wildman–Crippen MR) is 52.3 cm³/mol. The highest BCUT2D eigenvalue weighted by Crippen LogP contribution is 2.01. The highest BCUT2D eigenvalue weighted by atomic mass is 16.5. The largest absolute Gasteiger partial charge is 0.355 e. The van der Waals surface area contributed by atoms with Crippen molar-refractivity contribution in [3.05, 3.63) is 35.4 Å². The van der Waals surface area contributed by atoms with Crippen LogP contribution in [0.15, 0.2) is 29.4 Å². The van der Waals surface area contributed by atoms with Gasteiger partial charge in [-0.25, -0.2) is 0 Å². The fourth-order valence-electron chi connectivity index (χ4n) is 0.968. The molecule has 0 saturated carbocycles. The average Bonchev–Trinajstić information content (AvgIpc) is 2.26. The standard InChI is InChI=1S/C9H11N3O2/c1-10-9(13)8-4-2-7(3-5-8)6-11-12-14/h2-6,12,14H,1H3,(H,10,13). The summed E-state index contributed by atoms with van der Waals surface area (Å²) in [6, 6.07) is 6.81. The molecule has 0 unspecified atom stereocenters. The zero-order chi connectivity index (χ0) is 10.4. The lowest BCUT2D eigenvalue weighted by molar-refractivity contribution is 0.0963. The van der Waals surface area contributed by atoms with Crippen molar-refractivity contribution in [2.45, 2.75) is 0 Å². The number of carbonyl (C=O) groups excluding carboxylic acids is 1. The van der Waals surface area contributed by atoms with Crippen LogP contribution in [0.4, 0.5) is 0 Å². The fourth-order valence-corrected chi connectivity index (χ4v) is 0.968. The molecular weight excluding hydrogens is 182 g/mol. The van der Waals surface area contributed by atoms with E-state index in [-0.39, 0.29) is 5.91 Å². The van der Waals surface area contributed by atoms with Gasteiger partial charge in [0.15, 0.2) is 0 Å². The van der Waals surface area contributed by atoms with Crippen molar-refractivity contribution in [2.24, 2.45) is 5.10 Å². The third kappa shape index (κ3) is 2.56. The van der Waals surface area contributed by atoms with E-state index in [2.05, 4.69) is 10.4 Å². The molecule has 74 valence electrons. The summed E-state index contributed by atoms with van der Waals surface area (Å²) in [5.74, 6) is -0.131. The van der Waals surface area contributed by atoms with Gasteiger partial charge < -0.3 is 5.32 Å². The van der Waals surface area contributed by atoms with Crippen LogP contribution in [-0.2, 0) is 0 Å². The molecule has 0 bridgehead atoms. The lowest BCUT2D eigenvalue weighted by Gasteiger charge is -1.99. The summed E-state index contributed by atoms with van der Waals surface area (Å²) in [5, 5.41) is 14.1. The van der Waals surface area contributed by atoms with E-state index in [4.69, 9.17) is 5.21 Å². The summed E-state index contributed by atoms with van der Waals surface area (Å²) in [6.07, 6.45) is 1.44. The van der Waals surface area contributed by atoms with E-state index in [0.29, 0.717) is 5.56 Å². The molecule has 1 rings (SSSR count). The van der Waals surface area contributed by atoms with Gasteiger partial charge in [0, 0.05) is 12.6 Å². The number of nitrogens with one attached hydrogen (secondary N) is 2. The lowest BCUT2D eigenvalue weighted by Crippen LogP contribution is -2.17.